The number of alkyl halides is 3. The molecule has 162 valence electrons. The number of fused-ring (bicyclic) bond motifs is 1. The van der Waals surface area contributed by atoms with Crippen LogP contribution in [0.3, 0.4) is 0 Å². The Kier molecular flexibility index (Phi) is 5.89. The number of carbonyl (C=O) groups is 2. The van der Waals surface area contributed by atoms with Crippen LogP contribution in [0.2, 0.25) is 0 Å². The summed E-state index contributed by atoms with van der Waals surface area (Å²) in [6.45, 7) is 0. The predicted octanol–water partition coefficient (Wildman–Crippen LogP) is 3.94. The van der Waals surface area contributed by atoms with Gasteiger partial charge in [0.15, 0.2) is 5.78 Å². The van der Waals surface area contributed by atoms with E-state index in [4.69, 9.17) is 0 Å². The zero-order valence-electron chi connectivity index (χ0n) is 16.6. The molecule has 1 saturated carbocycles. The number of benzene rings is 1. The van der Waals surface area contributed by atoms with Crippen LogP contribution < -0.4 is 5.32 Å². The number of nitrogens with one attached hydrogen (secondary N) is 1. The summed E-state index contributed by atoms with van der Waals surface area (Å²) in [5.74, 6) is -4.47. The van der Waals surface area contributed by atoms with Gasteiger partial charge in [-0.2, -0.15) is 13.2 Å². The average molecular weight is 429 g/mol. The van der Waals surface area contributed by atoms with E-state index in [1.807, 2.05) is 0 Å². The zero-order chi connectivity index (χ0) is 22.0. The molecule has 4 rings (SSSR count). The van der Waals surface area contributed by atoms with Gasteiger partial charge in [0, 0.05) is 29.9 Å². The van der Waals surface area contributed by atoms with Gasteiger partial charge in [-0.1, -0.05) is 30.3 Å². The molecule has 1 aromatic carbocycles. The molecule has 1 aromatic heterocycles. The van der Waals surface area contributed by atoms with E-state index in [0.29, 0.717) is 11.1 Å². The number of hydrogen-bond acceptors (Lipinski definition) is 4. The fourth-order valence-corrected chi connectivity index (χ4v) is 4.86. The second-order valence-electron chi connectivity index (χ2n) is 8.15. The molecule has 1 saturated heterocycles. The van der Waals surface area contributed by atoms with E-state index < -0.39 is 41.5 Å². The van der Waals surface area contributed by atoms with Gasteiger partial charge >= 0.3 is 6.18 Å². The molecule has 0 spiro atoms. The highest BCUT2D eigenvalue weighted by molar-refractivity contribution is 6.09. The summed E-state index contributed by atoms with van der Waals surface area (Å²) in [7, 11) is 0. The van der Waals surface area contributed by atoms with Crippen molar-refractivity contribution in [3.8, 4) is 0 Å². The van der Waals surface area contributed by atoms with E-state index in [0.717, 1.165) is 0 Å². The van der Waals surface area contributed by atoms with Gasteiger partial charge in [-0.05, 0) is 42.9 Å². The molecule has 0 bridgehead atoms. The molecule has 5 unspecified atom stereocenters. The van der Waals surface area contributed by atoms with Crippen LogP contribution in [0.5, 0.6) is 0 Å². The highest BCUT2D eigenvalue weighted by Crippen LogP contribution is 2.49. The lowest BCUT2D eigenvalue weighted by molar-refractivity contribution is -0.190. The van der Waals surface area contributed by atoms with Gasteiger partial charge in [-0.25, -0.2) is 9.97 Å². The number of allylic oxidation sites excluding steroid dienone is 1. The van der Waals surface area contributed by atoms with Gasteiger partial charge in [0.25, 0.3) is 0 Å². The second-order valence-corrected chi connectivity index (χ2v) is 8.15. The summed E-state index contributed by atoms with van der Waals surface area (Å²) in [6.07, 6.45) is 3.07. The predicted molar refractivity (Wildman–Crippen MR) is 108 cm³/mol. The first-order chi connectivity index (χ1) is 14.8. The lowest BCUT2D eigenvalue weighted by Gasteiger charge is -2.47. The summed E-state index contributed by atoms with van der Waals surface area (Å²) in [5, 5.41) is 2.83. The van der Waals surface area contributed by atoms with Crippen molar-refractivity contribution in [2.24, 2.45) is 17.8 Å². The number of rotatable bonds is 4. The number of nitrogens with zero attached hydrogens (tertiary/aromatic N) is 2. The lowest BCUT2D eigenvalue weighted by Crippen LogP contribution is -2.57. The van der Waals surface area contributed by atoms with Crippen molar-refractivity contribution in [2.45, 2.75) is 37.4 Å². The van der Waals surface area contributed by atoms with E-state index in [9.17, 15) is 22.8 Å². The first-order valence-electron chi connectivity index (χ1n) is 10.2. The summed E-state index contributed by atoms with van der Waals surface area (Å²) < 4.78 is 40.5. The molecule has 1 amide bonds. The minimum Gasteiger partial charge on any atom is -0.352 e. The molecule has 2 fully saturated rings. The largest absolute Gasteiger partial charge is 0.391 e. The van der Waals surface area contributed by atoms with Gasteiger partial charge in [0.1, 0.15) is 12.2 Å². The number of carbonyl (C=O) groups excluding carboxylic acids is 2. The molecule has 2 aromatic rings. The molecular formula is C23H22F3N3O2. The molecule has 31 heavy (non-hydrogen) atoms. The Labute approximate surface area is 177 Å². The van der Waals surface area contributed by atoms with Gasteiger partial charge in [-0.3, -0.25) is 9.59 Å². The van der Waals surface area contributed by atoms with Crippen LogP contribution in [0, 0.1) is 17.8 Å². The average Bonchev–Trinajstić information content (AvgIpc) is 2.77. The topological polar surface area (TPSA) is 72.0 Å². The molecule has 5 atom stereocenters. The molecule has 5 nitrogen and oxygen atoms in total. The Morgan fingerprint density at radius 2 is 1.81 bits per heavy atom. The normalized spacial score (nSPS) is 28.7. The maximum absolute atomic E-state index is 13.5. The molecule has 1 aliphatic carbocycles. The van der Waals surface area contributed by atoms with E-state index in [1.54, 1.807) is 30.3 Å². The molecular weight excluding hydrogens is 407 g/mol. The molecule has 0 radical (unpaired) electrons. The summed E-state index contributed by atoms with van der Waals surface area (Å²) >= 11 is 0. The number of piperidine rings is 1. The Morgan fingerprint density at radius 1 is 1.10 bits per heavy atom. The Balaban J connectivity index is 1.68. The highest BCUT2D eigenvalue weighted by Gasteiger charge is 2.53. The molecule has 1 N–H and O–H groups in total. The third-order valence-corrected chi connectivity index (χ3v) is 6.30. The third-order valence-electron chi connectivity index (χ3n) is 6.30. The fraction of sp³-hybridized carbons (Fsp3) is 0.391. The number of ketones is 1. The maximum Gasteiger partial charge on any atom is 0.391 e. The van der Waals surface area contributed by atoms with Crippen molar-refractivity contribution in [1.82, 2.24) is 15.3 Å². The van der Waals surface area contributed by atoms with Crippen LogP contribution >= 0.6 is 0 Å². The van der Waals surface area contributed by atoms with Crippen LogP contribution in [0.25, 0.3) is 6.08 Å². The monoisotopic (exact) mass is 429 g/mol. The summed E-state index contributed by atoms with van der Waals surface area (Å²) in [6, 6.07) is 8.56. The van der Waals surface area contributed by atoms with E-state index in [-0.39, 0.29) is 25.3 Å². The summed E-state index contributed by atoms with van der Waals surface area (Å²) in [4.78, 5) is 33.8. The molecule has 2 heterocycles. The first-order valence-corrected chi connectivity index (χ1v) is 10.2. The quantitative estimate of drug-likeness (QED) is 0.590. The second kappa shape index (κ2) is 8.61. The zero-order valence-corrected chi connectivity index (χ0v) is 16.6. The number of hydrogen-bond donors (Lipinski definition) is 1. The summed E-state index contributed by atoms with van der Waals surface area (Å²) in [5.41, 5.74) is 1.31. The lowest BCUT2D eigenvalue weighted by atomic mass is 9.62. The van der Waals surface area contributed by atoms with Crippen molar-refractivity contribution in [2.75, 3.05) is 0 Å². The van der Waals surface area contributed by atoms with Crippen molar-refractivity contribution >= 4 is 17.8 Å². The minimum atomic E-state index is -4.29. The van der Waals surface area contributed by atoms with Gasteiger partial charge < -0.3 is 5.32 Å². The molecule has 1 aliphatic heterocycles. The van der Waals surface area contributed by atoms with E-state index in [1.165, 1.54) is 30.9 Å². The van der Waals surface area contributed by atoms with Crippen LogP contribution in [0.15, 0.2) is 55.1 Å². The van der Waals surface area contributed by atoms with Crippen LogP contribution in [-0.4, -0.2) is 33.9 Å². The van der Waals surface area contributed by atoms with E-state index >= 15 is 0 Å². The van der Waals surface area contributed by atoms with Crippen LogP contribution in [0.1, 0.15) is 36.3 Å². The Morgan fingerprint density at radius 3 is 2.48 bits per heavy atom. The standard InChI is InChI=1S/C23H22F3N3O2/c24-23(25,26)16-7-8-18-17(10-16)20(15-4-2-1-3-5-15)21(22(31)29-18)19(30)9-6-14-11-27-13-28-12-14/h1-6,9,11-13,16-18,20-21H,7-8,10H2,(H,29,31)/b9-6+. The van der Waals surface area contributed by atoms with Gasteiger partial charge in [-0.15, -0.1) is 0 Å². The first kappa shape index (κ1) is 21.2. The van der Waals surface area contributed by atoms with Gasteiger partial charge in [0.05, 0.1) is 5.92 Å². The number of amides is 1. The molecule has 2 aliphatic rings. The van der Waals surface area contributed by atoms with E-state index in [2.05, 4.69) is 15.3 Å². The maximum atomic E-state index is 13.5. The smallest absolute Gasteiger partial charge is 0.352 e. The Bertz CT molecular complexity index is 963. The number of aromatic nitrogens is 2. The third kappa shape index (κ3) is 4.52. The fourth-order valence-electron chi connectivity index (χ4n) is 4.86. The highest BCUT2D eigenvalue weighted by atomic mass is 19.4. The van der Waals surface area contributed by atoms with Crippen molar-refractivity contribution in [1.29, 1.82) is 0 Å². The van der Waals surface area contributed by atoms with Crippen LogP contribution in [0.4, 0.5) is 13.2 Å². The van der Waals surface area contributed by atoms with Gasteiger partial charge in [0.2, 0.25) is 5.91 Å². The van der Waals surface area contributed by atoms with Crippen molar-refractivity contribution < 1.29 is 22.8 Å². The SMILES string of the molecule is O=C(/C=C/c1cncnc1)C1C(=O)NC2CCC(C(F)(F)F)CC2C1c1ccccc1. The Hall–Kier alpha value is -3.03. The number of halogens is 3. The van der Waals surface area contributed by atoms with Crippen LogP contribution in [-0.2, 0) is 9.59 Å². The van der Waals surface area contributed by atoms with Crippen molar-refractivity contribution in [3.63, 3.8) is 0 Å². The minimum absolute atomic E-state index is 0.0149. The molecule has 8 heteroatoms. The van der Waals surface area contributed by atoms with Crippen molar-refractivity contribution in [3.05, 3.63) is 66.3 Å².